The van der Waals surface area contributed by atoms with Crippen LogP contribution in [0.2, 0.25) is 0 Å². The van der Waals surface area contributed by atoms with Crippen LogP contribution in [0.3, 0.4) is 0 Å². The van der Waals surface area contributed by atoms with Crippen LogP contribution in [0.4, 0.5) is 0 Å². The molecule has 6 rings (SSSR count). The first-order valence-corrected chi connectivity index (χ1v) is 16.4. The first-order valence-electron chi connectivity index (χ1n) is 15.6. The molecular weight excluding hydrogens is 704 g/mol. The SMILES string of the molecule is COC(=O)c1c2c(c3ccccc3c1OC(=O)c1cccc(OC(=O)C(C)(C)Br)c1)OC(c1ccc(OC)cc1)(c1ccc(OC)cc1)C=C2. The van der Waals surface area contributed by atoms with Crippen LogP contribution in [-0.2, 0) is 15.1 Å². The second-order valence-corrected chi connectivity index (χ2v) is 13.9. The fourth-order valence-electron chi connectivity index (χ4n) is 5.69. The van der Waals surface area contributed by atoms with E-state index in [0.29, 0.717) is 33.6 Å². The summed E-state index contributed by atoms with van der Waals surface area (Å²) in [7, 11) is 4.46. The smallest absolute Gasteiger partial charge is 0.343 e. The van der Waals surface area contributed by atoms with Gasteiger partial charge < -0.3 is 28.4 Å². The lowest BCUT2D eigenvalue weighted by atomic mass is 9.82. The van der Waals surface area contributed by atoms with Gasteiger partial charge in [-0.15, -0.1) is 0 Å². The molecule has 1 aliphatic heterocycles. The molecule has 5 aromatic rings. The Morgan fingerprint density at radius 3 is 1.86 bits per heavy atom. The summed E-state index contributed by atoms with van der Waals surface area (Å²) in [5, 5.41) is 1.04. The molecule has 0 saturated carbocycles. The molecule has 1 heterocycles. The Morgan fingerprint density at radius 1 is 0.700 bits per heavy atom. The summed E-state index contributed by atoms with van der Waals surface area (Å²) in [6.45, 7) is 3.30. The first-order chi connectivity index (χ1) is 24.0. The lowest BCUT2D eigenvalue weighted by Gasteiger charge is -2.37. The van der Waals surface area contributed by atoms with Gasteiger partial charge in [-0.3, -0.25) is 4.79 Å². The highest BCUT2D eigenvalue weighted by atomic mass is 79.9. The maximum Gasteiger partial charge on any atom is 0.343 e. The number of fused-ring (bicyclic) bond motifs is 3. The average molecular weight is 738 g/mol. The second-order valence-electron chi connectivity index (χ2n) is 11.9. The van der Waals surface area contributed by atoms with Gasteiger partial charge in [0.1, 0.15) is 32.9 Å². The third-order valence-electron chi connectivity index (χ3n) is 8.29. The molecule has 0 aromatic heterocycles. The molecule has 5 aromatic carbocycles. The van der Waals surface area contributed by atoms with Gasteiger partial charge in [0.15, 0.2) is 11.4 Å². The van der Waals surface area contributed by atoms with E-state index in [4.69, 9.17) is 28.4 Å². The number of rotatable bonds is 9. The van der Waals surface area contributed by atoms with Crippen molar-refractivity contribution in [2.75, 3.05) is 21.3 Å². The van der Waals surface area contributed by atoms with Crippen molar-refractivity contribution in [2.24, 2.45) is 0 Å². The van der Waals surface area contributed by atoms with Crippen molar-refractivity contribution in [1.82, 2.24) is 0 Å². The zero-order valence-electron chi connectivity index (χ0n) is 27.9. The maximum atomic E-state index is 13.7. The number of benzene rings is 5. The fourth-order valence-corrected chi connectivity index (χ4v) is 5.77. The number of hydrogen-bond donors (Lipinski definition) is 0. The lowest BCUT2D eigenvalue weighted by Crippen LogP contribution is -2.34. The van der Waals surface area contributed by atoms with E-state index in [-0.39, 0.29) is 22.6 Å². The van der Waals surface area contributed by atoms with Gasteiger partial charge in [-0.25, -0.2) is 9.59 Å². The molecule has 0 spiro atoms. The molecule has 0 bridgehead atoms. The van der Waals surface area contributed by atoms with Gasteiger partial charge in [0, 0.05) is 27.5 Å². The van der Waals surface area contributed by atoms with Crippen molar-refractivity contribution >= 4 is 50.7 Å². The van der Waals surface area contributed by atoms with Crippen LogP contribution in [0.25, 0.3) is 16.8 Å². The number of esters is 3. The highest BCUT2D eigenvalue weighted by Crippen LogP contribution is 2.50. The molecule has 0 aliphatic carbocycles. The second kappa shape index (κ2) is 13.7. The predicted octanol–water partition coefficient (Wildman–Crippen LogP) is 8.29. The summed E-state index contributed by atoms with van der Waals surface area (Å²) in [5.74, 6) is -0.140. The van der Waals surface area contributed by atoms with Crippen LogP contribution in [0.1, 0.15) is 51.3 Å². The van der Waals surface area contributed by atoms with Crippen LogP contribution in [0, 0.1) is 0 Å². The summed E-state index contributed by atoms with van der Waals surface area (Å²) < 4.78 is 33.7. The van der Waals surface area contributed by atoms with Crippen molar-refractivity contribution in [3.05, 3.63) is 131 Å². The van der Waals surface area contributed by atoms with E-state index >= 15 is 0 Å². The van der Waals surface area contributed by atoms with Crippen LogP contribution in [0.5, 0.6) is 28.7 Å². The quantitative estimate of drug-likeness (QED) is 0.0839. The van der Waals surface area contributed by atoms with Gasteiger partial charge in [-0.2, -0.15) is 0 Å². The third kappa shape index (κ3) is 6.42. The molecule has 254 valence electrons. The summed E-state index contributed by atoms with van der Waals surface area (Å²) in [4.78, 5) is 39.8. The Hall–Kier alpha value is -5.61. The molecule has 0 fully saturated rings. The molecule has 0 atom stereocenters. The van der Waals surface area contributed by atoms with Gasteiger partial charge >= 0.3 is 17.9 Å². The summed E-state index contributed by atoms with van der Waals surface area (Å²) >= 11 is 3.28. The molecule has 0 amide bonds. The maximum absolute atomic E-state index is 13.7. The van der Waals surface area contributed by atoms with E-state index in [0.717, 1.165) is 11.1 Å². The van der Waals surface area contributed by atoms with Gasteiger partial charge in [0.05, 0.1) is 26.9 Å². The van der Waals surface area contributed by atoms with Gasteiger partial charge in [0.25, 0.3) is 0 Å². The van der Waals surface area contributed by atoms with E-state index in [2.05, 4.69) is 15.9 Å². The minimum Gasteiger partial charge on any atom is -0.497 e. The van der Waals surface area contributed by atoms with E-state index in [1.807, 2.05) is 66.7 Å². The lowest BCUT2D eigenvalue weighted by molar-refractivity contribution is -0.136. The molecule has 0 N–H and O–H groups in total. The number of halogens is 1. The van der Waals surface area contributed by atoms with Crippen molar-refractivity contribution in [3.63, 3.8) is 0 Å². The molecule has 0 unspecified atom stereocenters. The number of carbonyl (C=O) groups excluding carboxylic acids is 3. The Kier molecular flexibility index (Phi) is 9.40. The number of methoxy groups -OCH3 is 3. The molecule has 10 heteroatoms. The van der Waals surface area contributed by atoms with Crippen molar-refractivity contribution in [3.8, 4) is 28.7 Å². The van der Waals surface area contributed by atoms with Crippen LogP contribution < -0.4 is 23.7 Å². The highest BCUT2D eigenvalue weighted by Gasteiger charge is 2.40. The minimum absolute atomic E-state index is 0.00478. The molecule has 50 heavy (non-hydrogen) atoms. The largest absolute Gasteiger partial charge is 0.497 e. The van der Waals surface area contributed by atoms with Gasteiger partial charge in [-0.1, -0.05) is 70.5 Å². The number of alkyl halides is 1. The Labute approximate surface area is 297 Å². The number of ether oxygens (including phenoxy) is 6. The van der Waals surface area contributed by atoms with Crippen molar-refractivity contribution in [2.45, 2.75) is 23.8 Å². The van der Waals surface area contributed by atoms with Crippen molar-refractivity contribution < 1.29 is 42.8 Å². The molecule has 0 radical (unpaired) electrons. The van der Waals surface area contributed by atoms with E-state index in [1.165, 1.54) is 19.2 Å². The normalized spacial score (nSPS) is 13.1. The monoisotopic (exact) mass is 736 g/mol. The standard InChI is InChI=1S/C40H33BrO9/c1-39(2,41)38(44)48-29-10-8-9-24(23-29)36(42)49-35-31-12-7-6-11-30(31)34-32(33(35)37(43)47-5)21-22-40(50-34,25-13-17-27(45-3)18-14-25)26-15-19-28(46-4)20-16-26/h6-23H,1-5H3. The molecule has 9 nitrogen and oxygen atoms in total. The molecule has 1 aliphatic rings. The van der Waals surface area contributed by atoms with Crippen LogP contribution >= 0.6 is 15.9 Å². The third-order valence-corrected chi connectivity index (χ3v) is 8.62. The summed E-state index contributed by atoms with van der Waals surface area (Å²) in [6, 6.07) is 28.3. The Balaban J connectivity index is 1.50. The number of carbonyl (C=O) groups is 3. The number of hydrogen-bond acceptors (Lipinski definition) is 9. The summed E-state index contributed by atoms with van der Waals surface area (Å²) in [6.07, 6.45) is 3.64. The first kappa shape index (κ1) is 34.3. The zero-order chi connectivity index (χ0) is 35.6. The highest BCUT2D eigenvalue weighted by molar-refractivity contribution is 9.10. The Bertz CT molecular complexity index is 2080. The van der Waals surface area contributed by atoms with Gasteiger partial charge in [-0.05, 0) is 68.5 Å². The Morgan fingerprint density at radius 2 is 1.30 bits per heavy atom. The van der Waals surface area contributed by atoms with E-state index in [1.54, 1.807) is 58.4 Å². The van der Waals surface area contributed by atoms with E-state index in [9.17, 15) is 14.4 Å². The minimum atomic E-state index is -1.14. The summed E-state index contributed by atoms with van der Waals surface area (Å²) in [5.41, 5.74) is 0.944. The van der Waals surface area contributed by atoms with Crippen molar-refractivity contribution in [1.29, 1.82) is 0 Å². The van der Waals surface area contributed by atoms with E-state index < -0.39 is 27.8 Å². The van der Waals surface area contributed by atoms with Crippen LogP contribution in [0.15, 0.2) is 103 Å². The van der Waals surface area contributed by atoms with Gasteiger partial charge in [0.2, 0.25) is 0 Å². The topological polar surface area (TPSA) is 107 Å². The molecular formula is C40H33BrO9. The predicted molar refractivity (Wildman–Crippen MR) is 192 cm³/mol. The van der Waals surface area contributed by atoms with Crippen LogP contribution in [-0.4, -0.2) is 43.6 Å². The fraction of sp³-hybridized carbons (Fsp3) is 0.175. The average Bonchev–Trinajstić information content (AvgIpc) is 3.14. The molecule has 0 saturated heterocycles. The zero-order valence-corrected chi connectivity index (χ0v) is 29.5.